The lowest BCUT2D eigenvalue weighted by Gasteiger charge is -2.30. The SMILES string of the molecule is CCCCN(C(=O)NC1CCC(C(=O)O)CC1)C1CC1. The third-order valence-corrected chi connectivity index (χ3v) is 4.41. The maximum atomic E-state index is 12.3. The highest BCUT2D eigenvalue weighted by molar-refractivity contribution is 5.75. The lowest BCUT2D eigenvalue weighted by atomic mass is 9.86. The molecule has 0 spiro atoms. The molecule has 0 saturated heterocycles. The van der Waals surface area contributed by atoms with E-state index in [0.29, 0.717) is 18.9 Å². The largest absolute Gasteiger partial charge is 0.481 e. The van der Waals surface area contributed by atoms with Crippen molar-refractivity contribution < 1.29 is 14.7 Å². The summed E-state index contributed by atoms with van der Waals surface area (Å²) in [5.74, 6) is -0.917. The molecule has 5 heteroatoms. The summed E-state index contributed by atoms with van der Waals surface area (Å²) < 4.78 is 0. The van der Waals surface area contributed by atoms with E-state index in [1.807, 2.05) is 4.90 Å². The van der Waals surface area contributed by atoms with Gasteiger partial charge in [0.15, 0.2) is 0 Å². The third-order valence-electron chi connectivity index (χ3n) is 4.41. The van der Waals surface area contributed by atoms with Crippen molar-refractivity contribution in [3.8, 4) is 0 Å². The van der Waals surface area contributed by atoms with Gasteiger partial charge in [0, 0.05) is 18.6 Å². The molecule has 0 aromatic heterocycles. The monoisotopic (exact) mass is 282 g/mol. The molecule has 0 aliphatic heterocycles. The first-order valence-corrected chi connectivity index (χ1v) is 7.91. The van der Waals surface area contributed by atoms with E-state index >= 15 is 0 Å². The fourth-order valence-corrected chi connectivity index (χ4v) is 2.91. The van der Waals surface area contributed by atoms with Crippen LogP contribution >= 0.6 is 0 Å². The van der Waals surface area contributed by atoms with Crippen LogP contribution in [0, 0.1) is 5.92 Å². The molecule has 0 radical (unpaired) electrons. The second-order valence-corrected chi connectivity index (χ2v) is 6.11. The van der Waals surface area contributed by atoms with Gasteiger partial charge in [-0.1, -0.05) is 13.3 Å². The number of aliphatic carboxylic acids is 1. The highest BCUT2D eigenvalue weighted by Gasteiger charge is 2.34. The maximum absolute atomic E-state index is 12.3. The van der Waals surface area contributed by atoms with E-state index in [1.165, 1.54) is 0 Å². The van der Waals surface area contributed by atoms with Crippen LogP contribution in [-0.4, -0.2) is 40.6 Å². The molecule has 2 rings (SSSR count). The minimum atomic E-state index is -0.697. The number of hydrogen-bond donors (Lipinski definition) is 2. The molecular weight excluding hydrogens is 256 g/mol. The number of nitrogens with one attached hydrogen (secondary N) is 1. The van der Waals surface area contributed by atoms with Gasteiger partial charge in [-0.15, -0.1) is 0 Å². The number of nitrogens with zero attached hydrogens (tertiary/aromatic N) is 1. The zero-order valence-corrected chi connectivity index (χ0v) is 12.3. The van der Waals surface area contributed by atoms with Gasteiger partial charge in [0.2, 0.25) is 0 Å². The van der Waals surface area contributed by atoms with Gasteiger partial charge in [-0.2, -0.15) is 0 Å². The van der Waals surface area contributed by atoms with Crippen LogP contribution in [0.15, 0.2) is 0 Å². The lowest BCUT2D eigenvalue weighted by Crippen LogP contribution is -2.47. The van der Waals surface area contributed by atoms with Crippen LogP contribution in [-0.2, 0) is 4.79 Å². The zero-order chi connectivity index (χ0) is 14.5. The van der Waals surface area contributed by atoms with E-state index in [2.05, 4.69) is 12.2 Å². The highest BCUT2D eigenvalue weighted by atomic mass is 16.4. The summed E-state index contributed by atoms with van der Waals surface area (Å²) in [6.07, 6.45) is 7.34. The van der Waals surface area contributed by atoms with Crippen LogP contribution < -0.4 is 5.32 Å². The smallest absolute Gasteiger partial charge is 0.317 e. The van der Waals surface area contributed by atoms with Crippen molar-refractivity contribution in [1.82, 2.24) is 10.2 Å². The molecule has 0 aromatic carbocycles. The Bertz CT molecular complexity index is 347. The Morgan fingerprint density at radius 2 is 1.80 bits per heavy atom. The molecule has 0 bridgehead atoms. The van der Waals surface area contributed by atoms with E-state index in [9.17, 15) is 9.59 Å². The van der Waals surface area contributed by atoms with Crippen LogP contribution in [0.3, 0.4) is 0 Å². The van der Waals surface area contributed by atoms with Gasteiger partial charge >= 0.3 is 12.0 Å². The van der Waals surface area contributed by atoms with Crippen LogP contribution in [0.2, 0.25) is 0 Å². The van der Waals surface area contributed by atoms with Crippen molar-refractivity contribution in [3.05, 3.63) is 0 Å². The number of carbonyl (C=O) groups excluding carboxylic acids is 1. The first-order chi connectivity index (χ1) is 9.61. The average molecular weight is 282 g/mol. The number of carbonyl (C=O) groups is 2. The molecule has 114 valence electrons. The van der Waals surface area contributed by atoms with E-state index in [4.69, 9.17) is 5.11 Å². The van der Waals surface area contributed by atoms with Crippen LogP contribution in [0.4, 0.5) is 4.79 Å². The summed E-state index contributed by atoms with van der Waals surface area (Å²) >= 11 is 0. The van der Waals surface area contributed by atoms with Gasteiger partial charge in [0.25, 0.3) is 0 Å². The fourth-order valence-electron chi connectivity index (χ4n) is 2.91. The van der Waals surface area contributed by atoms with Gasteiger partial charge < -0.3 is 15.3 Å². The minimum Gasteiger partial charge on any atom is -0.481 e. The predicted molar refractivity (Wildman–Crippen MR) is 76.5 cm³/mol. The van der Waals surface area contributed by atoms with E-state index in [-0.39, 0.29) is 18.0 Å². The Morgan fingerprint density at radius 3 is 2.30 bits per heavy atom. The summed E-state index contributed by atoms with van der Waals surface area (Å²) in [4.78, 5) is 25.2. The van der Waals surface area contributed by atoms with Crippen molar-refractivity contribution in [1.29, 1.82) is 0 Å². The van der Waals surface area contributed by atoms with Gasteiger partial charge in [0.05, 0.1) is 5.92 Å². The molecule has 2 aliphatic carbocycles. The second kappa shape index (κ2) is 6.95. The number of urea groups is 1. The summed E-state index contributed by atoms with van der Waals surface area (Å²) in [5, 5.41) is 12.1. The zero-order valence-electron chi connectivity index (χ0n) is 12.3. The van der Waals surface area contributed by atoms with Crippen molar-refractivity contribution >= 4 is 12.0 Å². The summed E-state index contributed by atoms with van der Waals surface area (Å²) in [6, 6.07) is 0.651. The molecule has 0 aromatic rings. The molecule has 0 heterocycles. The van der Waals surface area contributed by atoms with Gasteiger partial charge in [-0.3, -0.25) is 4.79 Å². The molecular formula is C15H26N2O3. The first-order valence-electron chi connectivity index (χ1n) is 7.91. The Morgan fingerprint density at radius 1 is 1.15 bits per heavy atom. The number of amides is 2. The number of carboxylic acids is 1. The summed E-state index contributed by atoms with van der Waals surface area (Å²) in [7, 11) is 0. The highest BCUT2D eigenvalue weighted by Crippen LogP contribution is 2.28. The molecule has 2 amide bonds. The number of rotatable bonds is 6. The Balaban J connectivity index is 1.77. The van der Waals surface area contributed by atoms with E-state index < -0.39 is 5.97 Å². The average Bonchev–Trinajstić information content (AvgIpc) is 3.24. The standard InChI is InChI=1S/C15H26N2O3/c1-2-3-10-17(13-8-9-13)15(20)16-12-6-4-11(5-7-12)14(18)19/h11-13H,2-10H2,1H3,(H,16,20)(H,18,19). The van der Waals surface area contributed by atoms with Crippen molar-refractivity contribution in [3.63, 3.8) is 0 Å². The van der Waals surface area contributed by atoms with Crippen LogP contribution in [0.1, 0.15) is 58.3 Å². The molecule has 2 N–H and O–H groups in total. The van der Waals surface area contributed by atoms with Crippen molar-refractivity contribution in [2.75, 3.05) is 6.54 Å². The number of unbranched alkanes of at least 4 members (excludes halogenated alkanes) is 1. The molecule has 2 fully saturated rings. The fraction of sp³-hybridized carbons (Fsp3) is 0.867. The van der Waals surface area contributed by atoms with E-state index in [1.54, 1.807) is 0 Å². The number of carboxylic acid groups (broad SMARTS) is 1. The molecule has 2 aliphatic rings. The van der Waals surface area contributed by atoms with Crippen molar-refractivity contribution in [2.24, 2.45) is 5.92 Å². The Hall–Kier alpha value is -1.26. The maximum Gasteiger partial charge on any atom is 0.317 e. The molecule has 0 atom stereocenters. The van der Waals surface area contributed by atoms with Crippen LogP contribution in [0.5, 0.6) is 0 Å². The minimum absolute atomic E-state index is 0.0553. The van der Waals surface area contributed by atoms with Crippen molar-refractivity contribution in [2.45, 2.75) is 70.4 Å². The Labute approximate surface area is 120 Å². The molecule has 0 unspecified atom stereocenters. The molecule has 5 nitrogen and oxygen atoms in total. The number of hydrogen-bond acceptors (Lipinski definition) is 2. The lowest BCUT2D eigenvalue weighted by molar-refractivity contribution is -0.142. The quantitative estimate of drug-likeness (QED) is 0.786. The first kappa shape index (κ1) is 15.1. The normalized spacial score (nSPS) is 26.1. The topological polar surface area (TPSA) is 69.6 Å². The van der Waals surface area contributed by atoms with Gasteiger partial charge in [-0.25, -0.2) is 4.79 Å². The second-order valence-electron chi connectivity index (χ2n) is 6.11. The molecule has 2 saturated carbocycles. The van der Waals surface area contributed by atoms with E-state index in [0.717, 1.165) is 45.1 Å². The molecule has 20 heavy (non-hydrogen) atoms. The summed E-state index contributed by atoms with van der Waals surface area (Å²) in [6.45, 7) is 2.98. The van der Waals surface area contributed by atoms with Gasteiger partial charge in [-0.05, 0) is 44.9 Å². The van der Waals surface area contributed by atoms with Gasteiger partial charge in [0.1, 0.15) is 0 Å². The van der Waals surface area contributed by atoms with Crippen LogP contribution in [0.25, 0.3) is 0 Å². The Kier molecular flexibility index (Phi) is 5.26. The predicted octanol–water partition coefficient (Wildman–Crippen LogP) is 2.60. The summed E-state index contributed by atoms with van der Waals surface area (Å²) in [5.41, 5.74) is 0. The third kappa shape index (κ3) is 4.12.